The molecule has 1 aliphatic rings. The Labute approximate surface area is 117 Å². The molecule has 94 valence electrons. The maximum Gasteiger partial charge on any atom is 0.118 e. The Balaban J connectivity index is 2.75. The third-order valence-corrected chi connectivity index (χ3v) is 3.75. The topological polar surface area (TPSA) is 86.0 Å². The van der Waals surface area contributed by atoms with Crippen LogP contribution in [0.3, 0.4) is 0 Å². The number of amidine groups is 1. The van der Waals surface area contributed by atoms with Gasteiger partial charge in [0.15, 0.2) is 0 Å². The van der Waals surface area contributed by atoms with Crippen molar-refractivity contribution in [2.24, 2.45) is 16.6 Å². The lowest BCUT2D eigenvalue weighted by molar-refractivity contribution is 0.503. The second-order valence-electron chi connectivity index (χ2n) is 4.46. The molecule has 0 aromatic heterocycles. The van der Waals surface area contributed by atoms with Crippen LogP contribution in [-0.4, -0.2) is 5.84 Å². The summed E-state index contributed by atoms with van der Waals surface area (Å²) in [6, 6.07) is 13.5. The summed E-state index contributed by atoms with van der Waals surface area (Å²) < 4.78 is 0. The molecule has 2 atom stereocenters. The number of rotatable bonds is 1. The number of hydrogen-bond donors (Lipinski definition) is 1. The van der Waals surface area contributed by atoms with Crippen LogP contribution in [0.25, 0.3) is 0 Å². The number of nitrogens with two attached hydrogens (primary N) is 1. The molecule has 0 radical (unpaired) electrons. The van der Waals surface area contributed by atoms with E-state index in [1.165, 1.54) is 0 Å². The van der Waals surface area contributed by atoms with Crippen molar-refractivity contribution in [3.63, 3.8) is 0 Å². The van der Waals surface area contributed by atoms with Crippen LogP contribution >= 0.6 is 0 Å². The van der Waals surface area contributed by atoms with Gasteiger partial charge in [-0.25, -0.2) is 0 Å². The van der Waals surface area contributed by atoms with Crippen molar-refractivity contribution >= 4 is 18.5 Å². The minimum absolute atomic E-state index is 0.165. The molecule has 5 heteroatoms. The lowest BCUT2D eigenvalue weighted by Gasteiger charge is -2.39. The summed E-state index contributed by atoms with van der Waals surface area (Å²) >= 11 is 5.12. The van der Waals surface area contributed by atoms with E-state index in [2.05, 4.69) is 17.1 Å². The summed E-state index contributed by atoms with van der Waals surface area (Å²) in [7, 11) is 0. The SMILES string of the molecule is C[C@@]1(c2ccccc2)C(C#N)=C([S-])N=C(N)C1C#N. The molecule has 2 N–H and O–H groups in total. The van der Waals surface area contributed by atoms with Crippen LogP contribution in [0.5, 0.6) is 0 Å². The van der Waals surface area contributed by atoms with Crippen LogP contribution in [0.15, 0.2) is 45.9 Å². The minimum Gasteiger partial charge on any atom is -0.759 e. The molecule has 1 aromatic rings. The first kappa shape index (κ1) is 13.1. The highest BCUT2D eigenvalue weighted by Gasteiger charge is 2.44. The van der Waals surface area contributed by atoms with Gasteiger partial charge in [0.25, 0.3) is 0 Å². The fourth-order valence-electron chi connectivity index (χ4n) is 2.35. The fourth-order valence-corrected chi connectivity index (χ4v) is 2.72. The Morgan fingerprint density at radius 2 is 1.95 bits per heavy atom. The van der Waals surface area contributed by atoms with Gasteiger partial charge >= 0.3 is 0 Å². The first-order chi connectivity index (χ1) is 9.05. The summed E-state index contributed by atoms with van der Waals surface area (Å²) in [5.41, 5.74) is 6.12. The van der Waals surface area contributed by atoms with Crippen molar-refractivity contribution in [1.82, 2.24) is 0 Å². The summed E-state index contributed by atoms with van der Waals surface area (Å²) in [4.78, 5) is 3.95. The van der Waals surface area contributed by atoms with Crippen molar-refractivity contribution in [2.45, 2.75) is 12.3 Å². The Hall–Kier alpha value is -2.37. The van der Waals surface area contributed by atoms with Gasteiger partial charge in [0.1, 0.15) is 11.8 Å². The molecular formula is C14H11N4S-. The van der Waals surface area contributed by atoms with Gasteiger partial charge < -0.3 is 18.4 Å². The average Bonchev–Trinajstić information content (AvgIpc) is 2.40. The predicted octanol–water partition coefficient (Wildman–Crippen LogP) is 1.74. The van der Waals surface area contributed by atoms with Gasteiger partial charge in [-0.05, 0) is 12.5 Å². The Bertz CT molecular complexity index is 648. The smallest absolute Gasteiger partial charge is 0.118 e. The molecule has 1 heterocycles. The molecule has 0 saturated heterocycles. The summed E-state index contributed by atoms with van der Waals surface area (Å²) in [5, 5.41) is 18.9. The van der Waals surface area contributed by atoms with E-state index in [-0.39, 0.29) is 10.9 Å². The van der Waals surface area contributed by atoms with Crippen molar-refractivity contribution in [3.8, 4) is 12.1 Å². The Morgan fingerprint density at radius 3 is 2.47 bits per heavy atom. The fraction of sp³-hybridized carbons (Fsp3) is 0.214. The zero-order valence-electron chi connectivity index (χ0n) is 10.3. The van der Waals surface area contributed by atoms with Crippen LogP contribution in [0, 0.1) is 28.6 Å². The highest BCUT2D eigenvalue weighted by atomic mass is 32.1. The molecule has 4 nitrogen and oxygen atoms in total. The van der Waals surface area contributed by atoms with Gasteiger partial charge in [-0.3, -0.25) is 4.99 Å². The molecule has 0 saturated carbocycles. The lowest BCUT2D eigenvalue weighted by atomic mass is 9.66. The summed E-state index contributed by atoms with van der Waals surface area (Å²) in [5.74, 6) is -0.533. The second kappa shape index (κ2) is 4.72. The van der Waals surface area contributed by atoms with Crippen LogP contribution in [0.4, 0.5) is 0 Å². The Kier molecular flexibility index (Phi) is 3.25. The predicted molar refractivity (Wildman–Crippen MR) is 74.5 cm³/mol. The number of hydrogen-bond acceptors (Lipinski definition) is 5. The Morgan fingerprint density at radius 1 is 1.32 bits per heavy atom. The van der Waals surface area contributed by atoms with Crippen molar-refractivity contribution in [3.05, 3.63) is 46.5 Å². The van der Waals surface area contributed by atoms with Gasteiger partial charge in [-0.1, -0.05) is 35.4 Å². The van der Waals surface area contributed by atoms with E-state index < -0.39 is 11.3 Å². The van der Waals surface area contributed by atoms with Crippen LogP contribution in [0.1, 0.15) is 12.5 Å². The van der Waals surface area contributed by atoms with E-state index in [0.717, 1.165) is 5.56 Å². The van der Waals surface area contributed by atoms with Crippen LogP contribution in [-0.2, 0) is 18.0 Å². The quantitative estimate of drug-likeness (QED) is 0.785. The van der Waals surface area contributed by atoms with E-state index >= 15 is 0 Å². The zero-order valence-corrected chi connectivity index (χ0v) is 11.1. The summed E-state index contributed by atoms with van der Waals surface area (Å²) in [6.07, 6.45) is 0. The normalized spacial score (nSPS) is 26.3. The molecule has 19 heavy (non-hydrogen) atoms. The van der Waals surface area contributed by atoms with Gasteiger partial charge in [-0.2, -0.15) is 10.5 Å². The molecule has 1 aromatic carbocycles. The lowest BCUT2D eigenvalue weighted by Crippen LogP contribution is -2.44. The highest BCUT2D eigenvalue weighted by Crippen LogP contribution is 2.42. The molecular weight excluding hydrogens is 256 g/mol. The first-order valence-corrected chi connectivity index (χ1v) is 6.07. The number of benzene rings is 1. The van der Waals surface area contributed by atoms with Crippen LogP contribution in [0.2, 0.25) is 0 Å². The van der Waals surface area contributed by atoms with Gasteiger partial charge in [0.2, 0.25) is 0 Å². The molecule has 0 amide bonds. The van der Waals surface area contributed by atoms with Gasteiger partial charge in [0.05, 0.1) is 17.6 Å². The summed E-state index contributed by atoms with van der Waals surface area (Å²) in [6.45, 7) is 1.81. The maximum absolute atomic E-state index is 9.38. The second-order valence-corrected chi connectivity index (χ2v) is 4.85. The van der Waals surface area contributed by atoms with Gasteiger partial charge in [-0.15, -0.1) is 0 Å². The number of aliphatic imine (C=N–C) groups is 1. The van der Waals surface area contributed by atoms with Crippen molar-refractivity contribution in [1.29, 1.82) is 10.5 Å². The van der Waals surface area contributed by atoms with Crippen molar-refractivity contribution in [2.75, 3.05) is 0 Å². The van der Waals surface area contributed by atoms with E-state index in [1.807, 2.05) is 37.3 Å². The van der Waals surface area contributed by atoms with Gasteiger partial charge in [0, 0.05) is 5.57 Å². The monoisotopic (exact) mass is 267 g/mol. The molecule has 0 spiro atoms. The van der Waals surface area contributed by atoms with E-state index in [4.69, 9.17) is 18.4 Å². The maximum atomic E-state index is 9.38. The molecule has 0 bridgehead atoms. The largest absolute Gasteiger partial charge is 0.759 e. The molecule has 1 aliphatic heterocycles. The molecule has 0 aliphatic carbocycles. The number of allylic oxidation sites excluding steroid dienone is 1. The van der Waals surface area contributed by atoms with E-state index in [1.54, 1.807) is 0 Å². The van der Waals surface area contributed by atoms with E-state index in [0.29, 0.717) is 5.57 Å². The third-order valence-electron chi connectivity index (χ3n) is 3.45. The standard InChI is InChI=1S/C14H12N4S/c1-14(9-5-3-2-4-6-9)10(7-15)12(17)18-13(19)11(14)8-16/h2-6,10,19H,1H3,(H2,17,18)/p-1/t10?,14-/m0/s1. The average molecular weight is 267 g/mol. The third kappa shape index (κ3) is 1.85. The zero-order chi connectivity index (χ0) is 14.0. The first-order valence-electron chi connectivity index (χ1n) is 5.66. The number of nitrogens with zero attached hydrogens (tertiary/aromatic N) is 3. The van der Waals surface area contributed by atoms with Crippen molar-refractivity contribution < 1.29 is 0 Å². The van der Waals surface area contributed by atoms with Crippen LogP contribution < -0.4 is 5.73 Å². The number of nitriles is 2. The minimum atomic E-state index is -0.853. The van der Waals surface area contributed by atoms with E-state index in [9.17, 15) is 10.5 Å². The molecule has 2 rings (SSSR count). The molecule has 0 fully saturated rings. The highest BCUT2D eigenvalue weighted by molar-refractivity contribution is 7.63. The molecule has 1 unspecified atom stereocenters.